The molecule has 2 rings (SSSR count). The topological polar surface area (TPSA) is 59.6 Å². The Hall–Kier alpha value is -2.95. The molecule has 1 amide bonds. The van der Waals surface area contributed by atoms with Crippen LogP contribution in [-0.2, 0) is 4.79 Å². The minimum Gasteiger partial charge on any atom is -0.491 e. The van der Waals surface area contributed by atoms with Gasteiger partial charge in [-0.25, -0.2) is 0 Å². The number of rotatable bonds is 10. The summed E-state index contributed by atoms with van der Waals surface area (Å²) in [4.78, 5) is 12.1. The van der Waals surface area contributed by atoms with Gasteiger partial charge in [-0.05, 0) is 49.7 Å². The van der Waals surface area contributed by atoms with Gasteiger partial charge >= 0.3 is 0 Å². The summed E-state index contributed by atoms with van der Waals surface area (Å²) in [6, 6.07) is 14.8. The van der Waals surface area contributed by atoms with E-state index in [4.69, 9.17) is 9.47 Å². The molecule has 0 saturated heterocycles. The van der Waals surface area contributed by atoms with E-state index in [2.05, 4.69) is 24.1 Å². The summed E-state index contributed by atoms with van der Waals surface area (Å²) in [7, 11) is 0. The predicted molar refractivity (Wildman–Crippen MR) is 106 cm³/mol. The van der Waals surface area contributed by atoms with Crippen molar-refractivity contribution < 1.29 is 14.3 Å². The molecule has 2 N–H and O–H groups in total. The molecule has 26 heavy (non-hydrogen) atoms. The summed E-state index contributed by atoms with van der Waals surface area (Å²) < 4.78 is 11.2. The average Bonchev–Trinajstić information content (AvgIpc) is 2.65. The van der Waals surface area contributed by atoms with Crippen molar-refractivity contribution in [3.05, 3.63) is 61.2 Å². The van der Waals surface area contributed by atoms with Crippen LogP contribution in [0, 0.1) is 0 Å². The fraction of sp³-hybridized carbons (Fsp3) is 0.286. The third-order valence-electron chi connectivity index (χ3n) is 3.71. The number of amides is 1. The van der Waals surface area contributed by atoms with E-state index in [1.165, 1.54) is 0 Å². The minimum atomic E-state index is -0.127. The Kier molecular flexibility index (Phi) is 7.55. The fourth-order valence-electron chi connectivity index (χ4n) is 2.17. The molecule has 0 aromatic heterocycles. The lowest BCUT2D eigenvalue weighted by Gasteiger charge is -2.14. The predicted octanol–water partition coefficient (Wildman–Crippen LogP) is 4.48. The monoisotopic (exact) mass is 354 g/mol. The van der Waals surface area contributed by atoms with Crippen molar-refractivity contribution in [3.8, 4) is 11.5 Å². The fourth-order valence-corrected chi connectivity index (χ4v) is 2.17. The van der Waals surface area contributed by atoms with E-state index in [1.807, 2.05) is 55.5 Å². The molecule has 0 aliphatic heterocycles. The molecule has 0 heterocycles. The highest BCUT2D eigenvalue weighted by molar-refractivity contribution is 5.93. The first-order valence-corrected chi connectivity index (χ1v) is 8.75. The molecule has 0 fully saturated rings. The van der Waals surface area contributed by atoms with E-state index < -0.39 is 0 Å². The number of ether oxygens (including phenoxy) is 2. The van der Waals surface area contributed by atoms with Gasteiger partial charge in [-0.3, -0.25) is 4.79 Å². The number of nitrogens with one attached hydrogen (secondary N) is 2. The highest BCUT2D eigenvalue weighted by Gasteiger charge is 2.05. The van der Waals surface area contributed by atoms with Crippen LogP contribution in [0.25, 0.3) is 0 Å². The first-order chi connectivity index (χ1) is 12.6. The van der Waals surface area contributed by atoms with Crippen molar-refractivity contribution in [2.24, 2.45) is 0 Å². The molecule has 2 aromatic carbocycles. The Morgan fingerprint density at radius 2 is 1.92 bits per heavy atom. The first kappa shape index (κ1) is 19.4. The van der Waals surface area contributed by atoms with Gasteiger partial charge in [-0.2, -0.15) is 0 Å². The summed E-state index contributed by atoms with van der Waals surface area (Å²) in [6.07, 6.45) is 2.76. The van der Waals surface area contributed by atoms with Crippen LogP contribution in [0.5, 0.6) is 11.5 Å². The van der Waals surface area contributed by atoms with Gasteiger partial charge in [0.25, 0.3) is 0 Å². The van der Waals surface area contributed by atoms with Crippen LogP contribution >= 0.6 is 0 Å². The zero-order valence-corrected chi connectivity index (χ0v) is 15.3. The van der Waals surface area contributed by atoms with Crippen LogP contribution in [0.15, 0.2) is 61.2 Å². The number of anilines is 2. The lowest BCUT2D eigenvalue weighted by Crippen LogP contribution is -2.21. The SMILES string of the molecule is C=CCOc1ccc(NCC(=O)Nc2cccc(OC(C)CC)c2)cc1. The molecule has 0 aliphatic carbocycles. The molecule has 1 atom stereocenters. The summed E-state index contributed by atoms with van der Waals surface area (Å²) in [5.74, 6) is 1.39. The number of hydrogen-bond acceptors (Lipinski definition) is 4. The van der Waals surface area contributed by atoms with Gasteiger partial charge in [0.2, 0.25) is 5.91 Å². The molecule has 0 radical (unpaired) electrons. The second kappa shape index (κ2) is 10.1. The van der Waals surface area contributed by atoms with Crippen LogP contribution < -0.4 is 20.1 Å². The van der Waals surface area contributed by atoms with Crippen molar-refractivity contribution in [1.29, 1.82) is 0 Å². The zero-order valence-electron chi connectivity index (χ0n) is 15.3. The molecule has 0 spiro atoms. The maximum Gasteiger partial charge on any atom is 0.243 e. The Morgan fingerprint density at radius 3 is 2.62 bits per heavy atom. The lowest BCUT2D eigenvalue weighted by atomic mass is 10.2. The highest BCUT2D eigenvalue weighted by atomic mass is 16.5. The number of carbonyl (C=O) groups is 1. The van der Waals surface area contributed by atoms with Gasteiger partial charge in [-0.1, -0.05) is 25.6 Å². The lowest BCUT2D eigenvalue weighted by molar-refractivity contribution is -0.114. The van der Waals surface area contributed by atoms with Crippen LogP contribution in [0.3, 0.4) is 0 Å². The third-order valence-corrected chi connectivity index (χ3v) is 3.71. The Labute approximate surface area is 155 Å². The molecular weight excluding hydrogens is 328 g/mol. The van der Waals surface area contributed by atoms with Crippen molar-refractivity contribution in [1.82, 2.24) is 0 Å². The molecule has 1 unspecified atom stereocenters. The normalized spacial score (nSPS) is 11.3. The van der Waals surface area contributed by atoms with E-state index >= 15 is 0 Å². The summed E-state index contributed by atoms with van der Waals surface area (Å²) in [5, 5.41) is 5.95. The van der Waals surface area contributed by atoms with E-state index in [9.17, 15) is 4.79 Å². The quantitative estimate of drug-likeness (QED) is 0.618. The van der Waals surface area contributed by atoms with Crippen molar-refractivity contribution in [2.45, 2.75) is 26.4 Å². The Balaban J connectivity index is 1.83. The van der Waals surface area contributed by atoms with Crippen molar-refractivity contribution in [2.75, 3.05) is 23.8 Å². The Morgan fingerprint density at radius 1 is 1.15 bits per heavy atom. The number of hydrogen-bond donors (Lipinski definition) is 2. The summed E-state index contributed by atoms with van der Waals surface area (Å²) in [5.41, 5.74) is 1.56. The molecule has 5 nitrogen and oxygen atoms in total. The number of benzene rings is 2. The van der Waals surface area contributed by atoms with Crippen LogP contribution in [-0.4, -0.2) is 25.2 Å². The molecule has 138 valence electrons. The minimum absolute atomic E-state index is 0.127. The average molecular weight is 354 g/mol. The molecular formula is C21H26N2O3. The standard InChI is InChI=1S/C21H26N2O3/c1-4-13-25-19-11-9-17(10-12-19)22-15-21(24)23-18-7-6-8-20(14-18)26-16(3)5-2/h4,6-12,14,16,22H,1,5,13,15H2,2-3H3,(H,23,24). The highest BCUT2D eigenvalue weighted by Crippen LogP contribution is 2.19. The third kappa shape index (κ3) is 6.51. The van der Waals surface area contributed by atoms with Crippen LogP contribution in [0.2, 0.25) is 0 Å². The van der Waals surface area contributed by atoms with E-state index in [1.54, 1.807) is 6.08 Å². The van der Waals surface area contributed by atoms with Crippen LogP contribution in [0.1, 0.15) is 20.3 Å². The van der Waals surface area contributed by atoms with E-state index in [-0.39, 0.29) is 18.6 Å². The van der Waals surface area contributed by atoms with Gasteiger partial charge in [0.15, 0.2) is 0 Å². The van der Waals surface area contributed by atoms with Gasteiger partial charge < -0.3 is 20.1 Å². The molecule has 5 heteroatoms. The maximum atomic E-state index is 12.1. The number of carbonyl (C=O) groups excluding carboxylic acids is 1. The van der Waals surface area contributed by atoms with E-state index in [0.717, 1.165) is 23.6 Å². The second-order valence-electron chi connectivity index (χ2n) is 5.89. The van der Waals surface area contributed by atoms with Gasteiger partial charge in [0.05, 0.1) is 12.6 Å². The smallest absolute Gasteiger partial charge is 0.243 e. The second-order valence-corrected chi connectivity index (χ2v) is 5.89. The maximum absolute atomic E-state index is 12.1. The first-order valence-electron chi connectivity index (χ1n) is 8.75. The molecule has 0 aliphatic rings. The van der Waals surface area contributed by atoms with Crippen LogP contribution in [0.4, 0.5) is 11.4 Å². The van der Waals surface area contributed by atoms with Gasteiger partial charge in [0, 0.05) is 17.4 Å². The van der Waals surface area contributed by atoms with Crippen molar-refractivity contribution >= 4 is 17.3 Å². The largest absolute Gasteiger partial charge is 0.491 e. The Bertz CT molecular complexity index is 713. The summed E-state index contributed by atoms with van der Waals surface area (Å²) >= 11 is 0. The molecule has 0 bridgehead atoms. The summed E-state index contributed by atoms with van der Waals surface area (Å²) in [6.45, 7) is 8.33. The van der Waals surface area contributed by atoms with Gasteiger partial charge in [0.1, 0.15) is 18.1 Å². The molecule has 0 saturated carbocycles. The van der Waals surface area contributed by atoms with Crippen molar-refractivity contribution in [3.63, 3.8) is 0 Å². The molecule has 2 aromatic rings. The zero-order chi connectivity index (χ0) is 18.8. The van der Waals surface area contributed by atoms with Gasteiger partial charge in [-0.15, -0.1) is 0 Å². The van der Waals surface area contributed by atoms with E-state index in [0.29, 0.717) is 12.3 Å².